The van der Waals surface area contributed by atoms with E-state index >= 15 is 0 Å². The van der Waals surface area contributed by atoms with Gasteiger partial charge in [-0.2, -0.15) is 0 Å². The summed E-state index contributed by atoms with van der Waals surface area (Å²) in [5.74, 6) is 0. The zero-order chi connectivity index (χ0) is 11.4. The third-order valence-corrected chi connectivity index (χ3v) is 3.62. The van der Waals surface area contributed by atoms with Crippen LogP contribution < -0.4 is 5.32 Å². The summed E-state index contributed by atoms with van der Waals surface area (Å²) in [6.07, 6.45) is 3.78. The van der Waals surface area contributed by atoms with Crippen LogP contribution in [0.15, 0.2) is 28.7 Å². The Morgan fingerprint density at radius 2 is 2.44 bits per heavy atom. The van der Waals surface area contributed by atoms with E-state index in [1.165, 1.54) is 18.4 Å². The lowest BCUT2D eigenvalue weighted by molar-refractivity contribution is 0.0808. The van der Waals surface area contributed by atoms with Crippen molar-refractivity contribution in [3.05, 3.63) is 34.3 Å². The molecule has 1 aliphatic heterocycles. The first-order chi connectivity index (χ1) is 7.79. The van der Waals surface area contributed by atoms with Crippen LogP contribution in [0.1, 0.15) is 18.4 Å². The second kappa shape index (κ2) is 5.80. The Morgan fingerprint density at radius 1 is 1.56 bits per heavy atom. The summed E-state index contributed by atoms with van der Waals surface area (Å²) in [5.41, 5.74) is 1.35. The molecule has 0 radical (unpaired) electrons. The van der Waals surface area contributed by atoms with Gasteiger partial charge in [-0.3, -0.25) is 0 Å². The molecular formula is C13H18BrNO. The molecule has 0 bridgehead atoms. The van der Waals surface area contributed by atoms with Crippen LogP contribution in [0.25, 0.3) is 0 Å². The second-order valence-corrected chi connectivity index (χ2v) is 5.20. The first kappa shape index (κ1) is 12.1. The van der Waals surface area contributed by atoms with Crippen molar-refractivity contribution in [2.75, 3.05) is 13.7 Å². The van der Waals surface area contributed by atoms with E-state index in [1.54, 1.807) is 0 Å². The molecule has 1 aliphatic rings. The van der Waals surface area contributed by atoms with Gasteiger partial charge in [0.25, 0.3) is 0 Å². The van der Waals surface area contributed by atoms with Gasteiger partial charge in [0.2, 0.25) is 0 Å². The SMILES string of the molecule is CNC(Cc1cccc(Br)c1)C1CCCO1. The van der Waals surface area contributed by atoms with Crippen molar-refractivity contribution in [2.24, 2.45) is 0 Å². The fourth-order valence-electron chi connectivity index (χ4n) is 2.26. The summed E-state index contributed by atoms with van der Waals surface area (Å²) in [7, 11) is 2.02. The van der Waals surface area contributed by atoms with Gasteiger partial charge in [-0.15, -0.1) is 0 Å². The summed E-state index contributed by atoms with van der Waals surface area (Å²) in [4.78, 5) is 0. The Balaban J connectivity index is 2.00. The fraction of sp³-hybridized carbons (Fsp3) is 0.538. The van der Waals surface area contributed by atoms with Gasteiger partial charge in [0.05, 0.1) is 6.10 Å². The molecule has 1 saturated heterocycles. The minimum atomic E-state index is 0.379. The summed E-state index contributed by atoms with van der Waals surface area (Å²) in [5, 5.41) is 3.37. The fourth-order valence-corrected chi connectivity index (χ4v) is 2.70. The third-order valence-electron chi connectivity index (χ3n) is 3.13. The van der Waals surface area contributed by atoms with Crippen molar-refractivity contribution in [1.29, 1.82) is 0 Å². The Kier molecular flexibility index (Phi) is 4.38. The van der Waals surface area contributed by atoms with Crippen molar-refractivity contribution in [2.45, 2.75) is 31.4 Å². The van der Waals surface area contributed by atoms with Gasteiger partial charge in [0, 0.05) is 17.1 Å². The Labute approximate surface area is 106 Å². The number of rotatable bonds is 4. The van der Waals surface area contributed by atoms with Crippen LogP contribution in [0, 0.1) is 0 Å². The standard InChI is InChI=1S/C13H18BrNO/c1-15-12(13-6-3-7-16-13)9-10-4-2-5-11(14)8-10/h2,4-5,8,12-13,15H,3,6-7,9H2,1H3. The Morgan fingerprint density at radius 3 is 3.06 bits per heavy atom. The lowest BCUT2D eigenvalue weighted by Crippen LogP contribution is -2.39. The third kappa shape index (κ3) is 3.06. The summed E-state index contributed by atoms with van der Waals surface area (Å²) in [6, 6.07) is 8.92. The molecular weight excluding hydrogens is 266 g/mol. The minimum Gasteiger partial charge on any atom is -0.377 e. The molecule has 1 N–H and O–H groups in total. The number of hydrogen-bond donors (Lipinski definition) is 1. The number of hydrogen-bond acceptors (Lipinski definition) is 2. The van der Waals surface area contributed by atoms with Gasteiger partial charge < -0.3 is 10.1 Å². The summed E-state index contributed by atoms with van der Waals surface area (Å²) in [6.45, 7) is 0.918. The van der Waals surface area contributed by atoms with E-state index in [-0.39, 0.29) is 0 Å². The van der Waals surface area contributed by atoms with E-state index < -0.39 is 0 Å². The molecule has 0 aliphatic carbocycles. The topological polar surface area (TPSA) is 21.3 Å². The van der Waals surface area contributed by atoms with Crippen molar-refractivity contribution < 1.29 is 4.74 Å². The molecule has 2 unspecified atom stereocenters. The van der Waals surface area contributed by atoms with E-state index in [0.29, 0.717) is 12.1 Å². The largest absolute Gasteiger partial charge is 0.377 e. The smallest absolute Gasteiger partial charge is 0.0732 e. The van der Waals surface area contributed by atoms with Crippen LogP contribution in [0.4, 0.5) is 0 Å². The van der Waals surface area contributed by atoms with E-state index in [0.717, 1.165) is 17.5 Å². The van der Waals surface area contributed by atoms with Crippen LogP contribution >= 0.6 is 15.9 Å². The summed E-state index contributed by atoms with van der Waals surface area (Å²) >= 11 is 3.51. The highest BCUT2D eigenvalue weighted by atomic mass is 79.9. The van der Waals surface area contributed by atoms with Crippen molar-refractivity contribution in [3.63, 3.8) is 0 Å². The molecule has 3 heteroatoms. The van der Waals surface area contributed by atoms with E-state index in [4.69, 9.17) is 4.74 Å². The highest BCUT2D eigenvalue weighted by Gasteiger charge is 2.24. The normalized spacial score (nSPS) is 22.2. The van der Waals surface area contributed by atoms with Crippen molar-refractivity contribution in [1.82, 2.24) is 5.32 Å². The Bertz CT molecular complexity index is 336. The van der Waals surface area contributed by atoms with Crippen molar-refractivity contribution >= 4 is 15.9 Å². The zero-order valence-electron chi connectivity index (χ0n) is 9.58. The number of ether oxygens (including phenoxy) is 1. The molecule has 0 aromatic heterocycles. The van der Waals surface area contributed by atoms with Crippen molar-refractivity contribution in [3.8, 4) is 0 Å². The maximum atomic E-state index is 5.73. The predicted molar refractivity (Wildman–Crippen MR) is 69.7 cm³/mol. The molecule has 1 fully saturated rings. The van der Waals surface area contributed by atoms with Gasteiger partial charge in [-0.25, -0.2) is 0 Å². The molecule has 2 nitrogen and oxygen atoms in total. The highest BCUT2D eigenvalue weighted by molar-refractivity contribution is 9.10. The van der Waals surface area contributed by atoms with Gasteiger partial charge in [-0.05, 0) is 44.0 Å². The molecule has 2 rings (SSSR count). The highest BCUT2D eigenvalue weighted by Crippen LogP contribution is 2.20. The number of nitrogens with one attached hydrogen (secondary N) is 1. The predicted octanol–water partition coefficient (Wildman–Crippen LogP) is 2.76. The molecule has 1 aromatic carbocycles. The van der Waals surface area contributed by atoms with Gasteiger partial charge >= 0.3 is 0 Å². The molecule has 16 heavy (non-hydrogen) atoms. The van der Waals surface area contributed by atoms with Crippen LogP contribution in [0.5, 0.6) is 0 Å². The second-order valence-electron chi connectivity index (χ2n) is 4.28. The molecule has 0 spiro atoms. The first-order valence-electron chi connectivity index (χ1n) is 5.83. The number of halogens is 1. The molecule has 1 heterocycles. The number of likely N-dealkylation sites (N-methyl/N-ethyl adjacent to an activating group) is 1. The maximum Gasteiger partial charge on any atom is 0.0732 e. The lowest BCUT2D eigenvalue weighted by Gasteiger charge is -2.22. The summed E-state index contributed by atoms with van der Waals surface area (Å²) < 4.78 is 6.88. The van der Waals surface area contributed by atoms with Crippen LogP contribution in [0.2, 0.25) is 0 Å². The molecule has 0 saturated carbocycles. The average molecular weight is 284 g/mol. The van der Waals surface area contributed by atoms with Gasteiger partial charge in [-0.1, -0.05) is 28.1 Å². The monoisotopic (exact) mass is 283 g/mol. The number of benzene rings is 1. The maximum absolute atomic E-state index is 5.73. The molecule has 1 aromatic rings. The van der Waals surface area contributed by atoms with Crippen LogP contribution in [-0.4, -0.2) is 25.8 Å². The molecule has 0 amide bonds. The van der Waals surface area contributed by atoms with E-state index in [1.807, 2.05) is 7.05 Å². The van der Waals surface area contributed by atoms with Gasteiger partial charge in [0.1, 0.15) is 0 Å². The van der Waals surface area contributed by atoms with Crippen LogP contribution in [0.3, 0.4) is 0 Å². The first-order valence-corrected chi connectivity index (χ1v) is 6.62. The van der Waals surface area contributed by atoms with E-state index in [9.17, 15) is 0 Å². The van der Waals surface area contributed by atoms with E-state index in [2.05, 4.69) is 45.5 Å². The zero-order valence-corrected chi connectivity index (χ0v) is 11.2. The van der Waals surface area contributed by atoms with Gasteiger partial charge in [0.15, 0.2) is 0 Å². The minimum absolute atomic E-state index is 0.379. The molecule has 2 atom stereocenters. The molecule has 88 valence electrons. The Hall–Kier alpha value is -0.380. The lowest BCUT2D eigenvalue weighted by atomic mass is 10.00. The average Bonchev–Trinajstić information content (AvgIpc) is 2.79. The van der Waals surface area contributed by atoms with Crippen LogP contribution in [-0.2, 0) is 11.2 Å². The quantitative estimate of drug-likeness (QED) is 0.918.